The molecule has 2 atom stereocenters. The fourth-order valence-corrected chi connectivity index (χ4v) is 3.32. The van der Waals surface area contributed by atoms with E-state index in [2.05, 4.69) is 89.5 Å². The van der Waals surface area contributed by atoms with E-state index >= 15 is 0 Å². The van der Waals surface area contributed by atoms with E-state index in [-0.39, 0.29) is 0 Å². The van der Waals surface area contributed by atoms with Crippen molar-refractivity contribution in [1.29, 1.82) is 0 Å². The lowest BCUT2D eigenvalue weighted by atomic mass is 9.89. The zero-order chi connectivity index (χ0) is 15.5. The third-order valence-corrected chi connectivity index (χ3v) is 4.45. The Morgan fingerprint density at radius 1 is 0.739 bits per heavy atom. The topological polar surface area (TPSA) is 24.1 Å². The van der Waals surface area contributed by atoms with Crippen LogP contribution >= 0.6 is 0 Å². The van der Waals surface area contributed by atoms with Crippen molar-refractivity contribution in [3.63, 3.8) is 0 Å². The van der Waals surface area contributed by atoms with Gasteiger partial charge >= 0.3 is 0 Å². The zero-order valence-corrected chi connectivity index (χ0v) is 12.9. The van der Waals surface area contributed by atoms with Gasteiger partial charge in [0.05, 0.1) is 12.1 Å². The molecule has 1 heterocycles. The Labute approximate surface area is 137 Å². The van der Waals surface area contributed by atoms with E-state index in [0.29, 0.717) is 12.1 Å². The summed E-state index contributed by atoms with van der Waals surface area (Å²) in [5.74, 6) is 0. The molecule has 4 rings (SSSR count). The van der Waals surface area contributed by atoms with Gasteiger partial charge in [0, 0.05) is 11.4 Å². The SMILES string of the molecule is c1ccc(NC2CC(c3ccccc3)Nc3ccccc32)cc1. The quantitative estimate of drug-likeness (QED) is 0.677. The summed E-state index contributed by atoms with van der Waals surface area (Å²) in [4.78, 5) is 0. The summed E-state index contributed by atoms with van der Waals surface area (Å²) in [5, 5.41) is 7.39. The van der Waals surface area contributed by atoms with Gasteiger partial charge in [0.2, 0.25) is 0 Å². The summed E-state index contributed by atoms with van der Waals surface area (Å²) >= 11 is 0. The van der Waals surface area contributed by atoms with E-state index in [4.69, 9.17) is 0 Å². The minimum atomic E-state index is 0.306. The van der Waals surface area contributed by atoms with Crippen molar-refractivity contribution >= 4 is 11.4 Å². The van der Waals surface area contributed by atoms with Gasteiger partial charge in [-0.05, 0) is 35.7 Å². The van der Waals surface area contributed by atoms with Gasteiger partial charge in [-0.15, -0.1) is 0 Å². The molecule has 0 saturated carbocycles. The summed E-state index contributed by atoms with van der Waals surface area (Å²) in [6.45, 7) is 0. The molecule has 0 saturated heterocycles. The highest BCUT2D eigenvalue weighted by molar-refractivity contribution is 5.59. The molecule has 0 amide bonds. The highest BCUT2D eigenvalue weighted by Gasteiger charge is 2.26. The Kier molecular flexibility index (Phi) is 3.73. The number of hydrogen-bond donors (Lipinski definition) is 2. The fourth-order valence-electron chi connectivity index (χ4n) is 3.32. The predicted molar refractivity (Wildman–Crippen MR) is 96.7 cm³/mol. The van der Waals surface area contributed by atoms with Crippen molar-refractivity contribution in [3.05, 3.63) is 96.1 Å². The van der Waals surface area contributed by atoms with Gasteiger partial charge in [-0.1, -0.05) is 66.7 Å². The van der Waals surface area contributed by atoms with E-state index < -0.39 is 0 Å². The number of nitrogens with one attached hydrogen (secondary N) is 2. The van der Waals surface area contributed by atoms with E-state index in [0.717, 1.165) is 6.42 Å². The van der Waals surface area contributed by atoms with Crippen LogP contribution < -0.4 is 10.6 Å². The van der Waals surface area contributed by atoms with Crippen LogP contribution in [0.2, 0.25) is 0 Å². The van der Waals surface area contributed by atoms with Crippen LogP contribution in [0.4, 0.5) is 11.4 Å². The molecule has 0 aromatic heterocycles. The second kappa shape index (κ2) is 6.17. The van der Waals surface area contributed by atoms with Crippen molar-refractivity contribution in [3.8, 4) is 0 Å². The minimum Gasteiger partial charge on any atom is -0.378 e. The molecule has 3 aromatic carbocycles. The maximum atomic E-state index is 3.70. The molecule has 0 aliphatic carbocycles. The van der Waals surface area contributed by atoms with E-state index in [1.54, 1.807) is 0 Å². The molecule has 1 aliphatic heterocycles. The second-order valence-electron chi connectivity index (χ2n) is 5.99. The Morgan fingerprint density at radius 2 is 1.39 bits per heavy atom. The van der Waals surface area contributed by atoms with E-state index in [9.17, 15) is 0 Å². The number of hydrogen-bond acceptors (Lipinski definition) is 2. The summed E-state index contributed by atoms with van der Waals surface area (Å²) in [5.41, 5.74) is 5.06. The molecule has 3 aromatic rings. The molecular weight excluding hydrogens is 280 g/mol. The Balaban J connectivity index is 1.67. The maximum Gasteiger partial charge on any atom is 0.0557 e. The van der Waals surface area contributed by atoms with Crippen molar-refractivity contribution < 1.29 is 0 Å². The number of benzene rings is 3. The number of rotatable bonds is 3. The van der Waals surface area contributed by atoms with Crippen LogP contribution in [0.25, 0.3) is 0 Å². The first kappa shape index (κ1) is 13.9. The lowest BCUT2D eigenvalue weighted by Gasteiger charge is -2.34. The largest absolute Gasteiger partial charge is 0.378 e. The molecule has 0 spiro atoms. The molecule has 1 aliphatic rings. The first-order valence-electron chi connectivity index (χ1n) is 8.12. The summed E-state index contributed by atoms with van der Waals surface area (Å²) in [6.07, 6.45) is 1.02. The summed E-state index contributed by atoms with van der Waals surface area (Å²) in [6, 6.07) is 30.4. The van der Waals surface area contributed by atoms with Crippen LogP contribution in [0.15, 0.2) is 84.9 Å². The lowest BCUT2D eigenvalue weighted by molar-refractivity contribution is 0.589. The highest BCUT2D eigenvalue weighted by Crippen LogP contribution is 2.40. The molecule has 23 heavy (non-hydrogen) atoms. The first-order valence-corrected chi connectivity index (χ1v) is 8.12. The second-order valence-corrected chi connectivity index (χ2v) is 5.99. The molecule has 0 fully saturated rings. The van der Waals surface area contributed by atoms with Crippen LogP contribution in [0.5, 0.6) is 0 Å². The normalized spacial score (nSPS) is 19.5. The predicted octanol–water partition coefficient (Wildman–Crippen LogP) is 5.40. The van der Waals surface area contributed by atoms with Crippen LogP contribution in [0, 0.1) is 0 Å². The van der Waals surface area contributed by atoms with Gasteiger partial charge in [0.15, 0.2) is 0 Å². The Morgan fingerprint density at radius 3 is 2.17 bits per heavy atom. The molecule has 2 heteroatoms. The molecule has 2 N–H and O–H groups in total. The molecule has 2 nitrogen and oxygen atoms in total. The smallest absolute Gasteiger partial charge is 0.0557 e. The van der Waals surface area contributed by atoms with Gasteiger partial charge in [0.1, 0.15) is 0 Å². The molecule has 114 valence electrons. The fraction of sp³-hybridized carbons (Fsp3) is 0.143. The molecule has 2 unspecified atom stereocenters. The molecular formula is C21H20N2. The van der Waals surface area contributed by atoms with E-state index in [1.807, 2.05) is 6.07 Å². The van der Waals surface area contributed by atoms with Gasteiger partial charge in [-0.2, -0.15) is 0 Å². The summed E-state index contributed by atoms with van der Waals surface area (Å²) < 4.78 is 0. The third-order valence-electron chi connectivity index (χ3n) is 4.45. The van der Waals surface area contributed by atoms with Crippen molar-refractivity contribution in [2.45, 2.75) is 18.5 Å². The van der Waals surface area contributed by atoms with Crippen LogP contribution in [-0.2, 0) is 0 Å². The van der Waals surface area contributed by atoms with Crippen LogP contribution in [0.3, 0.4) is 0 Å². The molecule has 0 radical (unpaired) electrons. The zero-order valence-electron chi connectivity index (χ0n) is 12.9. The van der Waals surface area contributed by atoms with Gasteiger partial charge in [-0.25, -0.2) is 0 Å². The summed E-state index contributed by atoms with van der Waals surface area (Å²) in [7, 11) is 0. The van der Waals surface area contributed by atoms with Gasteiger partial charge in [-0.3, -0.25) is 0 Å². The van der Waals surface area contributed by atoms with Crippen molar-refractivity contribution in [2.24, 2.45) is 0 Å². The number of para-hydroxylation sites is 2. The average molecular weight is 300 g/mol. The van der Waals surface area contributed by atoms with Crippen LogP contribution in [-0.4, -0.2) is 0 Å². The standard InChI is InChI=1S/C21H20N2/c1-3-9-16(10-4-1)20-15-21(22-17-11-5-2-6-12-17)18-13-7-8-14-19(18)23-20/h1-14,20-23H,15H2. The van der Waals surface area contributed by atoms with Crippen LogP contribution in [0.1, 0.15) is 29.6 Å². The van der Waals surface area contributed by atoms with Crippen molar-refractivity contribution in [1.82, 2.24) is 0 Å². The lowest BCUT2D eigenvalue weighted by Crippen LogP contribution is -2.25. The first-order chi connectivity index (χ1) is 11.4. The maximum absolute atomic E-state index is 3.70. The van der Waals surface area contributed by atoms with Gasteiger partial charge in [0.25, 0.3) is 0 Å². The average Bonchev–Trinajstić information content (AvgIpc) is 2.63. The number of anilines is 2. The highest BCUT2D eigenvalue weighted by atomic mass is 15.0. The Bertz CT molecular complexity index is 768. The monoisotopic (exact) mass is 300 g/mol. The van der Waals surface area contributed by atoms with Gasteiger partial charge < -0.3 is 10.6 Å². The Hall–Kier alpha value is -2.74. The van der Waals surface area contributed by atoms with Crippen molar-refractivity contribution in [2.75, 3.05) is 10.6 Å². The molecule has 0 bridgehead atoms. The minimum absolute atomic E-state index is 0.306. The third kappa shape index (κ3) is 2.93. The van der Waals surface area contributed by atoms with E-state index in [1.165, 1.54) is 22.5 Å². The number of fused-ring (bicyclic) bond motifs is 1.